The minimum atomic E-state index is -0.152. The van der Waals surface area contributed by atoms with E-state index < -0.39 is 0 Å². The van der Waals surface area contributed by atoms with E-state index in [-0.39, 0.29) is 11.9 Å². The van der Waals surface area contributed by atoms with Crippen molar-refractivity contribution in [2.75, 3.05) is 33.5 Å². The van der Waals surface area contributed by atoms with Crippen molar-refractivity contribution < 1.29 is 19.0 Å². The summed E-state index contributed by atoms with van der Waals surface area (Å²) >= 11 is 0. The summed E-state index contributed by atoms with van der Waals surface area (Å²) in [7, 11) is 1.65. The van der Waals surface area contributed by atoms with Gasteiger partial charge in [0.25, 0.3) is 5.91 Å². The van der Waals surface area contributed by atoms with E-state index in [0.29, 0.717) is 49.0 Å². The maximum Gasteiger partial charge on any atom is 0.252 e. The molecule has 0 bridgehead atoms. The molecule has 8 heteroatoms. The van der Waals surface area contributed by atoms with Gasteiger partial charge in [-0.2, -0.15) is 5.10 Å². The molecular weight excluding hydrogens is 384 g/mol. The van der Waals surface area contributed by atoms with Crippen molar-refractivity contribution in [2.45, 2.75) is 26.3 Å². The summed E-state index contributed by atoms with van der Waals surface area (Å²) in [6, 6.07) is 7.63. The number of rotatable bonds is 7. The van der Waals surface area contributed by atoms with E-state index in [1.807, 2.05) is 42.8 Å². The van der Waals surface area contributed by atoms with E-state index in [1.165, 1.54) is 0 Å². The average molecular weight is 410 g/mol. The Kier molecular flexibility index (Phi) is 5.85. The highest BCUT2D eigenvalue weighted by Crippen LogP contribution is 2.35. The van der Waals surface area contributed by atoms with Crippen LogP contribution in [0.25, 0.3) is 22.3 Å². The third-order valence-corrected chi connectivity index (χ3v) is 4.95. The Morgan fingerprint density at radius 3 is 2.80 bits per heavy atom. The topological polar surface area (TPSA) is 87.5 Å². The number of amides is 1. The average Bonchev–Trinajstić information content (AvgIpc) is 3.20. The first-order valence-electron chi connectivity index (χ1n) is 10.1. The summed E-state index contributed by atoms with van der Waals surface area (Å²) in [5.74, 6) is 1.25. The fourth-order valence-electron chi connectivity index (χ4n) is 3.45. The Morgan fingerprint density at radius 2 is 2.03 bits per heavy atom. The van der Waals surface area contributed by atoms with Crippen molar-refractivity contribution in [1.82, 2.24) is 20.1 Å². The smallest absolute Gasteiger partial charge is 0.252 e. The zero-order chi connectivity index (χ0) is 21.1. The molecule has 4 rings (SSSR count). The first-order chi connectivity index (χ1) is 14.6. The quantitative estimate of drug-likeness (QED) is 0.602. The SMILES string of the molecule is COCCCNC(=O)c1cc(-c2ccc3c(c2)OCCO3)nc2c1cnn2C(C)C. The van der Waals surface area contributed by atoms with Gasteiger partial charge in [0.2, 0.25) is 0 Å². The van der Waals surface area contributed by atoms with Gasteiger partial charge in [0.1, 0.15) is 13.2 Å². The van der Waals surface area contributed by atoms with Crippen molar-refractivity contribution in [3.8, 4) is 22.8 Å². The number of nitrogens with zero attached hydrogens (tertiary/aromatic N) is 3. The zero-order valence-electron chi connectivity index (χ0n) is 17.5. The normalized spacial score (nSPS) is 13.1. The van der Waals surface area contributed by atoms with E-state index in [4.69, 9.17) is 19.2 Å². The summed E-state index contributed by atoms with van der Waals surface area (Å²) in [5, 5.41) is 8.16. The van der Waals surface area contributed by atoms with E-state index >= 15 is 0 Å². The molecule has 3 heterocycles. The molecular formula is C22H26N4O4. The van der Waals surface area contributed by atoms with Crippen molar-refractivity contribution >= 4 is 16.9 Å². The van der Waals surface area contributed by atoms with Gasteiger partial charge in [0.05, 0.1) is 22.8 Å². The Morgan fingerprint density at radius 1 is 1.23 bits per heavy atom. The molecule has 3 aromatic rings. The fourth-order valence-corrected chi connectivity index (χ4v) is 3.45. The molecule has 0 radical (unpaired) electrons. The van der Waals surface area contributed by atoms with Crippen LogP contribution in [0, 0.1) is 0 Å². The number of benzene rings is 1. The lowest BCUT2D eigenvalue weighted by molar-refractivity contribution is 0.0950. The van der Waals surface area contributed by atoms with Gasteiger partial charge < -0.3 is 19.5 Å². The van der Waals surface area contributed by atoms with Gasteiger partial charge in [-0.15, -0.1) is 0 Å². The zero-order valence-corrected chi connectivity index (χ0v) is 17.5. The molecule has 1 amide bonds. The van der Waals surface area contributed by atoms with Crippen LogP contribution in [0.1, 0.15) is 36.7 Å². The lowest BCUT2D eigenvalue weighted by Gasteiger charge is -2.19. The number of hydrogen-bond donors (Lipinski definition) is 1. The number of carbonyl (C=O) groups excluding carboxylic acids is 1. The van der Waals surface area contributed by atoms with Crippen molar-refractivity contribution in [3.63, 3.8) is 0 Å². The van der Waals surface area contributed by atoms with Crippen LogP contribution in [0.2, 0.25) is 0 Å². The van der Waals surface area contributed by atoms with Crippen LogP contribution >= 0.6 is 0 Å². The summed E-state index contributed by atoms with van der Waals surface area (Å²) in [6.07, 6.45) is 2.46. The molecule has 0 saturated heterocycles. The van der Waals surface area contributed by atoms with Gasteiger partial charge in [-0.25, -0.2) is 9.67 Å². The molecule has 0 atom stereocenters. The largest absolute Gasteiger partial charge is 0.486 e. The van der Waals surface area contributed by atoms with Crippen LogP contribution in [0.5, 0.6) is 11.5 Å². The number of hydrogen-bond acceptors (Lipinski definition) is 6. The number of nitrogens with one attached hydrogen (secondary N) is 1. The van der Waals surface area contributed by atoms with E-state index in [1.54, 1.807) is 13.3 Å². The van der Waals surface area contributed by atoms with Crippen molar-refractivity contribution in [3.05, 3.63) is 36.0 Å². The summed E-state index contributed by atoms with van der Waals surface area (Å²) in [5.41, 5.74) is 2.77. The maximum atomic E-state index is 13.0. The molecule has 0 saturated carbocycles. The Labute approximate surface area is 175 Å². The summed E-state index contributed by atoms with van der Waals surface area (Å²) < 4.78 is 18.2. The van der Waals surface area contributed by atoms with Gasteiger partial charge in [0.15, 0.2) is 17.1 Å². The second kappa shape index (κ2) is 8.71. The molecule has 0 aliphatic carbocycles. The minimum absolute atomic E-state index is 0.114. The van der Waals surface area contributed by atoms with Crippen LogP contribution in [0.4, 0.5) is 0 Å². The molecule has 1 aromatic carbocycles. The van der Waals surface area contributed by atoms with Crippen LogP contribution in [0.15, 0.2) is 30.5 Å². The highest BCUT2D eigenvalue weighted by Gasteiger charge is 2.20. The Hall–Kier alpha value is -3.13. The third-order valence-electron chi connectivity index (χ3n) is 4.95. The molecule has 1 N–H and O–H groups in total. The Balaban J connectivity index is 1.76. The number of pyridine rings is 1. The predicted octanol–water partition coefficient (Wildman–Crippen LogP) is 3.22. The highest BCUT2D eigenvalue weighted by atomic mass is 16.6. The summed E-state index contributed by atoms with van der Waals surface area (Å²) in [6.45, 7) is 6.26. The molecule has 8 nitrogen and oxygen atoms in total. The lowest BCUT2D eigenvalue weighted by atomic mass is 10.1. The Bertz CT molecular complexity index is 1060. The first-order valence-corrected chi connectivity index (χ1v) is 10.1. The second-order valence-corrected chi connectivity index (χ2v) is 7.44. The first kappa shape index (κ1) is 20.2. The van der Waals surface area contributed by atoms with Gasteiger partial charge in [-0.3, -0.25) is 4.79 Å². The van der Waals surface area contributed by atoms with Crippen LogP contribution in [-0.4, -0.2) is 54.1 Å². The number of ether oxygens (including phenoxy) is 3. The molecule has 158 valence electrons. The van der Waals surface area contributed by atoms with E-state index in [9.17, 15) is 4.79 Å². The minimum Gasteiger partial charge on any atom is -0.486 e. The second-order valence-electron chi connectivity index (χ2n) is 7.44. The predicted molar refractivity (Wildman–Crippen MR) is 113 cm³/mol. The van der Waals surface area contributed by atoms with Crippen molar-refractivity contribution in [1.29, 1.82) is 0 Å². The molecule has 0 spiro atoms. The van der Waals surface area contributed by atoms with Crippen LogP contribution in [0.3, 0.4) is 0 Å². The van der Waals surface area contributed by atoms with Gasteiger partial charge in [-0.1, -0.05) is 0 Å². The molecule has 2 aromatic heterocycles. The molecule has 30 heavy (non-hydrogen) atoms. The fraction of sp³-hybridized carbons (Fsp3) is 0.409. The van der Waals surface area contributed by atoms with Gasteiger partial charge in [0, 0.05) is 31.9 Å². The van der Waals surface area contributed by atoms with E-state index in [2.05, 4.69) is 10.4 Å². The highest BCUT2D eigenvalue weighted by molar-refractivity contribution is 6.06. The van der Waals surface area contributed by atoms with Gasteiger partial charge >= 0.3 is 0 Å². The van der Waals surface area contributed by atoms with E-state index in [0.717, 1.165) is 23.1 Å². The number of carbonyl (C=O) groups is 1. The lowest BCUT2D eigenvalue weighted by Crippen LogP contribution is -2.25. The molecule has 1 aliphatic rings. The van der Waals surface area contributed by atoms with Crippen LogP contribution < -0.4 is 14.8 Å². The third kappa shape index (κ3) is 3.95. The number of fused-ring (bicyclic) bond motifs is 2. The van der Waals surface area contributed by atoms with Crippen LogP contribution in [-0.2, 0) is 4.74 Å². The standard InChI is InChI=1S/C22H26N4O4/c1-14(2)26-21-17(13-24-26)16(22(27)23-7-4-8-28-3)12-18(25-21)15-5-6-19-20(11-15)30-10-9-29-19/h5-6,11-14H,4,7-10H2,1-3H3,(H,23,27). The monoisotopic (exact) mass is 410 g/mol. The number of aromatic nitrogens is 3. The maximum absolute atomic E-state index is 13.0. The molecule has 0 unspecified atom stereocenters. The van der Waals surface area contributed by atoms with Gasteiger partial charge in [-0.05, 0) is 44.5 Å². The molecule has 1 aliphatic heterocycles. The number of methoxy groups -OCH3 is 1. The summed E-state index contributed by atoms with van der Waals surface area (Å²) in [4.78, 5) is 17.8. The van der Waals surface area contributed by atoms with Crippen molar-refractivity contribution in [2.24, 2.45) is 0 Å². The molecule has 0 fully saturated rings.